The first kappa shape index (κ1) is 27.3. The van der Waals surface area contributed by atoms with E-state index in [1.165, 1.54) is 19.1 Å². The molecule has 0 unspecified atom stereocenters. The summed E-state index contributed by atoms with van der Waals surface area (Å²) < 4.78 is 72.5. The largest absolute Gasteiger partial charge is 0.470 e. The Kier molecular flexibility index (Phi) is 8.12. The molecule has 1 aliphatic rings. The number of alkyl halides is 4. The fraction of sp³-hybridized carbons (Fsp3) is 0.440. The molecule has 38 heavy (non-hydrogen) atoms. The second kappa shape index (κ2) is 11.3. The molecule has 8 nitrogen and oxygen atoms in total. The van der Waals surface area contributed by atoms with Gasteiger partial charge in [0.2, 0.25) is 11.8 Å². The minimum Gasteiger partial charge on any atom is -0.470 e. The van der Waals surface area contributed by atoms with Crippen LogP contribution >= 0.6 is 0 Å². The van der Waals surface area contributed by atoms with Crippen LogP contribution in [0.3, 0.4) is 0 Å². The van der Waals surface area contributed by atoms with Crippen molar-refractivity contribution in [3.05, 3.63) is 47.0 Å². The molecule has 0 radical (unpaired) electrons. The Morgan fingerprint density at radius 2 is 1.76 bits per heavy atom. The molecule has 0 saturated carbocycles. The highest BCUT2D eigenvalue weighted by atomic mass is 19.3. The number of pyridine rings is 1. The first-order valence-corrected chi connectivity index (χ1v) is 12.0. The highest BCUT2D eigenvalue weighted by Gasteiger charge is 2.25. The minimum atomic E-state index is -2.97. The van der Waals surface area contributed by atoms with Crippen LogP contribution in [0, 0.1) is 12.7 Å². The summed E-state index contributed by atoms with van der Waals surface area (Å²) in [7, 11) is 0. The molecule has 3 heterocycles. The van der Waals surface area contributed by atoms with Gasteiger partial charge in [-0.15, -0.1) is 0 Å². The Hall–Kier alpha value is -3.77. The highest BCUT2D eigenvalue weighted by Crippen LogP contribution is 2.35. The lowest BCUT2D eigenvalue weighted by molar-refractivity contribution is -0.129. The average Bonchev–Trinajstić information content (AvgIpc) is 2.86. The number of aryl methyl sites for hydroxylation is 1. The third-order valence-corrected chi connectivity index (χ3v) is 6.27. The van der Waals surface area contributed by atoms with Gasteiger partial charge < -0.3 is 19.9 Å². The molecule has 1 aliphatic heterocycles. The van der Waals surface area contributed by atoms with E-state index in [2.05, 4.69) is 20.3 Å². The van der Waals surface area contributed by atoms with Crippen molar-refractivity contribution in [1.29, 1.82) is 0 Å². The van der Waals surface area contributed by atoms with E-state index in [4.69, 9.17) is 4.74 Å². The third kappa shape index (κ3) is 5.86. The Balaban J connectivity index is 1.74. The number of carbonyl (C=O) groups excluding carboxylic acids is 1. The van der Waals surface area contributed by atoms with Crippen LogP contribution in [0.5, 0.6) is 5.88 Å². The van der Waals surface area contributed by atoms with Gasteiger partial charge in [0.15, 0.2) is 12.3 Å². The molecule has 1 fully saturated rings. The first-order chi connectivity index (χ1) is 18.0. The van der Waals surface area contributed by atoms with Crippen LogP contribution in [0.15, 0.2) is 24.3 Å². The number of hydrogen-bond acceptors (Lipinski definition) is 7. The summed E-state index contributed by atoms with van der Waals surface area (Å²) in [5.74, 6) is -0.560. The normalized spacial score (nSPS) is 14.9. The lowest BCUT2D eigenvalue weighted by Crippen LogP contribution is -2.48. The SMILES string of the molecule is CC(=O)N1CCN(c2cc3c(N[C@H](C)c4cccc(C(F)F)c4F)nc(C)nc3nc2OCC(F)F)CC1. The number of benzene rings is 1. The predicted molar refractivity (Wildman–Crippen MR) is 131 cm³/mol. The summed E-state index contributed by atoms with van der Waals surface area (Å²) in [4.78, 5) is 28.4. The first-order valence-electron chi connectivity index (χ1n) is 12.0. The molecular formula is C25H27F5N6O2. The zero-order valence-corrected chi connectivity index (χ0v) is 21.0. The van der Waals surface area contributed by atoms with E-state index in [0.717, 1.165) is 6.07 Å². The molecule has 1 N–H and O–H groups in total. The van der Waals surface area contributed by atoms with Crippen LogP contribution in [-0.4, -0.2) is 65.0 Å². The summed E-state index contributed by atoms with van der Waals surface area (Å²) in [5.41, 5.74) is -0.105. The molecule has 2 aromatic heterocycles. The number of nitrogens with one attached hydrogen (secondary N) is 1. The Labute approximate surface area is 215 Å². The van der Waals surface area contributed by atoms with Crippen molar-refractivity contribution in [3.63, 3.8) is 0 Å². The van der Waals surface area contributed by atoms with Crippen LogP contribution in [0.2, 0.25) is 0 Å². The molecule has 13 heteroatoms. The van der Waals surface area contributed by atoms with Gasteiger partial charge in [0.25, 0.3) is 12.9 Å². The molecule has 0 aliphatic carbocycles. The lowest BCUT2D eigenvalue weighted by atomic mass is 10.0. The second-order valence-electron chi connectivity index (χ2n) is 8.92. The van der Waals surface area contributed by atoms with Crippen LogP contribution in [0.25, 0.3) is 11.0 Å². The van der Waals surface area contributed by atoms with E-state index in [0.29, 0.717) is 43.1 Å². The number of amides is 1. The quantitative estimate of drug-likeness (QED) is 0.409. The maximum Gasteiger partial charge on any atom is 0.272 e. The van der Waals surface area contributed by atoms with Gasteiger partial charge in [-0.3, -0.25) is 4.79 Å². The second-order valence-corrected chi connectivity index (χ2v) is 8.92. The molecule has 1 atom stereocenters. The van der Waals surface area contributed by atoms with E-state index in [9.17, 15) is 26.7 Å². The van der Waals surface area contributed by atoms with Crippen molar-refractivity contribution < 1.29 is 31.5 Å². The van der Waals surface area contributed by atoms with Gasteiger partial charge in [0, 0.05) is 38.7 Å². The number of hydrogen-bond donors (Lipinski definition) is 1. The van der Waals surface area contributed by atoms with Crippen molar-refractivity contribution in [2.24, 2.45) is 0 Å². The molecular weight excluding hydrogens is 511 g/mol. The number of nitrogens with zero attached hydrogens (tertiary/aromatic N) is 5. The summed E-state index contributed by atoms with van der Waals surface area (Å²) in [6, 6.07) is 4.68. The number of ether oxygens (including phenoxy) is 1. The maximum absolute atomic E-state index is 14.8. The van der Waals surface area contributed by atoms with Crippen LogP contribution in [0.4, 0.5) is 33.5 Å². The number of anilines is 2. The van der Waals surface area contributed by atoms with Crippen LogP contribution < -0.4 is 15.0 Å². The fourth-order valence-corrected chi connectivity index (χ4v) is 4.34. The summed E-state index contributed by atoms with van der Waals surface area (Å²) in [5, 5.41) is 3.47. The molecule has 204 valence electrons. The third-order valence-electron chi connectivity index (χ3n) is 6.27. The van der Waals surface area contributed by atoms with Crippen molar-refractivity contribution in [2.75, 3.05) is 43.0 Å². The van der Waals surface area contributed by atoms with Crippen molar-refractivity contribution in [3.8, 4) is 5.88 Å². The van der Waals surface area contributed by atoms with E-state index in [1.54, 1.807) is 24.8 Å². The lowest BCUT2D eigenvalue weighted by Gasteiger charge is -2.36. The van der Waals surface area contributed by atoms with Crippen LogP contribution in [0.1, 0.15) is 43.3 Å². The number of fused-ring (bicyclic) bond motifs is 1. The summed E-state index contributed by atoms with van der Waals surface area (Å²) >= 11 is 0. The zero-order valence-electron chi connectivity index (χ0n) is 21.0. The van der Waals surface area contributed by atoms with Gasteiger partial charge in [-0.05, 0) is 19.9 Å². The molecule has 4 rings (SSSR count). The van der Waals surface area contributed by atoms with E-state index in [1.807, 2.05) is 4.90 Å². The molecule has 1 amide bonds. The van der Waals surface area contributed by atoms with Gasteiger partial charge >= 0.3 is 0 Å². The van der Waals surface area contributed by atoms with Gasteiger partial charge in [-0.1, -0.05) is 18.2 Å². The summed E-state index contributed by atoms with van der Waals surface area (Å²) in [6.45, 7) is 5.48. The fourth-order valence-electron chi connectivity index (χ4n) is 4.34. The van der Waals surface area contributed by atoms with E-state index < -0.39 is 36.9 Å². The van der Waals surface area contributed by atoms with E-state index >= 15 is 0 Å². The van der Waals surface area contributed by atoms with Gasteiger partial charge in [0.1, 0.15) is 23.1 Å². The molecule has 0 bridgehead atoms. The monoisotopic (exact) mass is 538 g/mol. The van der Waals surface area contributed by atoms with Crippen molar-refractivity contribution in [1.82, 2.24) is 19.9 Å². The molecule has 3 aromatic rings. The average molecular weight is 539 g/mol. The number of piperazine rings is 1. The van der Waals surface area contributed by atoms with Crippen molar-refractivity contribution >= 4 is 28.4 Å². The standard InChI is InChI=1S/C25H27F5N6O2/c1-13(16-5-4-6-17(21(16)28)22(29)30)31-23-18-11-19(36-9-7-35(8-10-36)15(3)37)25(38-12-20(26)27)34-24(18)33-14(2)32-23/h4-6,11,13,20,22H,7-10,12H2,1-3H3,(H,31,32,33,34)/t13-/m1/s1. The maximum atomic E-state index is 14.8. The molecule has 1 aromatic carbocycles. The Morgan fingerprint density at radius 3 is 2.39 bits per heavy atom. The Bertz CT molecular complexity index is 1320. The van der Waals surface area contributed by atoms with Crippen LogP contribution in [-0.2, 0) is 4.79 Å². The topological polar surface area (TPSA) is 83.5 Å². The smallest absolute Gasteiger partial charge is 0.272 e. The Morgan fingerprint density at radius 1 is 1.08 bits per heavy atom. The molecule has 1 saturated heterocycles. The number of carbonyl (C=O) groups is 1. The number of aromatic nitrogens is 3. The summed E-state index contributed by atoms with van der Waals surface area (Å²) in [6.07, 6.45) is -5.69. The van der Waals surface area contributed by atoms with Gasteiger partial charge in [-0.25, -0.2) is 31.9 Å². The van der Waals surface area contributed by atoms with E-state index in [-0.39, 0.29) is 28.8 Å². The van der Waals surface area contributed by atoms with Crippen molar-refractivity contribution in [2.45, 2.75) is 39.7 Å². The number of halogens is 5. The molecule has 0 spiro atoms. The highest BCUT2D eigenvalue weighted by molar-refractivity contribution is 5.90. The predicted octanol–water partition coefficient (Wildman–Crippen LogP) is 4.90. The zero-order chi connectivity index (χ0) is 27.6. The minimum absolute atomic E-state index is 0.0256. The number of rotatable bonds is 8. The van der Waals surface area contributed by atoms with Gasteiger partial charge in [-0.2, -0.15) is 4.98 Å². The van der Waals surface area contributed by atoms with Gasteiger partial charge in [0.05, 0.1) is 17.0 Å².